The van der Waals surface area contributed by atoms with Crippen LogP contribution in [0.15, 0.2) is 152 Å². The summed E-state index contributed by atoms with van der Waals surface area (Å²) in [4.78, 5) is 40.3. The summed E-state index contributed by atoms with van der Waals surface area (Å²) in [5, 5.41) is 4.93. The summed E-state index contributed by atoms with van der Waals surface area (Å²) in [6.07, 6.45) is -4.82. The van der Waals surface area contributed by atoms with E-state index >= 15 is 0 Å². The lowest BCUT2D eigenvalue weighted by Gasteiger charge is -2.24. The highest BCUT2D eigenvalue weighted by molar-refractivity contribution is 7.71. The Hall–Kier alpha value is -6.17. The van der Waals surface area contributed by atoms with Crippen molar-refractivity contribution in [2.24, 2.45) is 0 Å². The topological polar surface area (TPSA) is 111 Å². The van der Waals surface area contributed by atoms with Crippen LogP contribution < -0.4 is 0 Å². The van der Waals surface area contributed by atoms with Crippen molar-refractivity contribution in [2.45, 2.75) is 24.5 Å². The molecule has 0 unspecified atom stereocenters. The van der Waals surface area contributed by atoms with Crippen LogP contribution >= 0.6 is 12.2 Å². The van der Waals surface area contributed by atoms with Crippen LogP contribution in [-0.4, -0.2) is 57.2 Å². The van der Waals surface area contributed by atoms with E-state index < -0.39 is 42.4 Å². The summed E-state index contributed by atoms with van der Waals surface area (Å²) < 4.78 is 27.9. The fourth-order valence-corrected chi connectivity index (χ4v) is 6.12. The van der Waals surface area contributed by atoms with Crippen LogP contribution in [0.25, 0.3) is 17.1 Å². The van der Waals surface area contributed by atoms with Crippen molar-refractivity contribution in [3.8, 4) is 17.1 Å². The predicted molar refractivity (Wildman–Crippen MR) is 190 cm³/mol. The SMILES string of the molecule is O=C(OC[C@H]1O[C@@H](n2nc(-c3ccccc3)n(-c3ccccc3)c2=S)[C@H](OC(=O)c2ccccc2)[C@@H]1OC(=O)c1ccccc1)c1ccccc1. The largest absolute Gasteiger partial charge is 0.459 e. The number of ether oxygens (including phenoxy) is 4. The lowest BCUT2D eigenvalue weighted by Crippen LogP contribution is -2.41. The van der Waals surface area contributed by atoms with E-state index in [1.165, 1.54) is 4.68 Å². The summed E-state index contributed by atoms with van der Waals surface area (Å²) >= 11 is 6.05. The molecular formula is C40H31N3O7S. The van der Waals surface area contributed by atoms with Crippen LogP contribution in [0, 0.1) is 4.77 Å². The molecule has 0 N–H and O–H groups in total. The zero-order valence-corrected chi connectivity index (χ0v) is 27.9. The Morgan fingerprint density at radius 1 is 0.608 bits per heavy atom. The molecule has 5 aromatic carbocycles. The van der Waals surface area contributed by atoms with Gasteiger partial charge in [0.25, 0.3) is 0 Å². The van der Waals surface area contributed by atoms with Crippen molar-refractivity contribution >= 4 is 30.1 Å². The third kappa shape index (κ3) is 7.25. The standard InChI is InChI=1S/C40H31N3O7S/c44-37(28-18-8-2-9-19-28)47-26-32-33(49-38(45)29-20-10-3-11-21-29)34(50-39(46)30-22-12-4-13-23-30)36(48-32)43-40(51)42(31-24-14-5-15-25-31)35(41-43)27-16-6-1-7-17-27/h1-25,32-34,36H,26H2/t32-,33-,34-,36-/m1/s1. The van der Waals surface area contributed by atoms with Crippen molar-refractivity contribution < 1.29 is 33.3 Å². The quantitative estimate of drug-likeness (QED) is 0.0829. The van der Waals surface area contributed by atoms with E-state index in [9.17, 15) is 14.4 Å². The number of nitrogens with zero attached hydrogens (tertiary/aromatic N) is 3. The van der Waals surface area contributed by atoms with E-state index in [2.05, 4.69) is 0 Å². The number of para-hydroxylation sites is 1. The van der Waals surface area contributed by atoms with Crippen LogP contribution in [0.2, 0.25) is 0 Å². The summed E-state index contributed by atoms with van der Waals surface area (Å²) in [6.45, 7) is -0.339. The lowest BCUT2D eigenvalue weighted by atomic mass is 10.1. The Labute approximate surface area is 298 Å². The molecule has 4 atom stereocenters. The van der Waals surface area contributed by atoms with Gasteiger partial charge in [0, 0.05) is 11.3 Å². The van der Waals surface area contributed by atoms with Gasteiger partial charge in [0.15, 0.2) is 24.3 Å². The molecular weight excluding hydrogens is 667 g/mol. The van der Waals surface area contributed by atoms with Crippen molar-refractivity contribution in [1.82, 2.24) is 14.3 Å². The average Bonchev–Trinajstić information content (AvgIpc) is 3.71. The van der Waals surface area contributed by atoms with E-state index in [0.29, 0.717) is 11.4 Å². The summed E-state index contributed by atoms with van der Waals surface area (Å²) in [7, 11) is 0. The number of esters is 3. The van der Waals surface area contributed by atoms with Crippen LogP contribution in [0.3, 0.4) is 0 Å². The number of carbonyl (C=O) groups excluding carboxylic acids is 3. The Morgan fingerprint density at radius 3 is 1.59 bits per heavy atom. The molecule has 1 aliphatic rings. The molecule has 7 rings (SSSR count). The average molecular weight is 698 g/mol. The number of hydrogen-bond acceptors (Lipinski definition) is 9. The molecule has 0 radical (unpaired) electrons. The molecule has 1 aromatic heterocycles. The Balaban J connectivity index is 1.32. The molecule has 2 heterocycles. The van der Waals surface area contributed by atoms with Crippen molar-refractivity contribution in [1.29, 1.82) is 0 Å². The normalized spacial score (nSPS) is 18.1. The van der Waals surface area contributed by atoms with Crippen LogP contribution in [0.4, 0.5) is 0 Å². The van der Waals surface area contributed by atoms with Gasteiger partial charge in [0.05, 0.1) is 16.7 Å². The van der Waals surface area contributed by atoms with Gasteiger partial charge >= 0.3 is 17.9 Å². The third-order valence-electron chi connectivity index (χ3n) is 8.27. The van der Waals surface area contributed by atoms with Gasteiger partial charge in [0.1, 0.15) is 12.7 Å². The van der Waals surface area contributed by atoms with Gasteiger partial charge in [-0.2, -0.15) is 0 Å². The first-order valence-electron chi connectivity index (χ1n) is 16.2. The second kappa shape index (κ2) is 15.2. The molecule has 11 heteroatoms. The number of aromatic nitrogens is 3. The van der Waals surface area contributed by atoms with Gasteiger partial charge in [-0.25, -0.2) is 19.1 Å². The zero-order valence-electron chi connectivity index (χ0n) is 27.1. The molecule has 1 fully saturated rings. The van der Waals surface area contributed by atoms with Gasteiger partial charge in [-0.05, 0) is 60.7 Å². The summed E-state index contributed by atoms with van der Waals surface area (Å²) in [6, 6.07) is 44.2. The fourth-order valence-electron chi connectivity index (χ4n) is 5.79. The fraction of sp³-hybridized carbons (Fsp3) is 0.125. The molecule has 6 aromatic rings. The number of hydrogen-bond donors (Lipinski definition) is 0. The van der Waals surface area contributed by atoms with Crippen molar-refractivity contribution in [3.63, 3.8) is 0 Å². The molecule has 0 spiro atoms. The highest BCUT2D eigenvalue weighted by atomic mass is 32.1. The molecule has 0 bridgehead atoms. The molecule has 254 valence electrons. The third-order valence-corrected chi connectivity index (χ3v) is 8.64. The minimum Gasteiger partial charge on any atom is -0.459 e. The number of carbonyl (C=O) groups is 3. The van der Waals surface area contributed by atoms with E-state index in [4.69, 9.17) is 36.3 Å². The minimum absolute atomic E-state index is 0.223. The number of benzene rings is 5. The molecule has 0 saturated carbocycles. The van der Waals surface area contributed by atoms with E-state index in [1.54, 1.807) is 95.6 Å². The molecule has 10 nitrogen and oxygen atoms in total. The summed E-state index contributed by atoms with van der Waals surface area (Å²) in [5.41, 5.74) is 2.37. The van der Waals surface area contributed by atoms with Gasteiger partial charge in [-0.1, -0.05) is 103 Å². The molecule has 0 aliphatic carbocycles. The zero-order chi connectivity index (χ0) is 35.2. The lowest BCUT2D eigenvalue weighted by molar-refractivity contribution is -0.0679. The molecule has 1 aliphatic heterocycles. The van der Waals surface area contributed by atoms with E-state index in [-0.39, 0.29) is 22.5 Å². The van der Waals surface area contributed by atoms with E-state index in [0.717, 1.165) is 11.3 Å². The molecule has 51 heavy (non-hydrogen) atoms. The van der Waals surface area contributed by atoms with Gasteiger partial charge < -0.3 is 18.9 Å². The Bertz CT molecular complexity index is 2180. The maximum atomic E-state index is 13.7. The first-order valence-corrected chi connectivity index (χ1v) is 16.6. The second-order valence-corrected chi connectivity index (χ2v) is 12.0. The first kappa shape index (κ1) is 33.3. The van der Waals surface area contributed by atoms with Gasteiger partial charge in [-0.15, -0.1) is 5.10 Å². The first-order chi connectivity index (χ1) is 25.0. The van der Waals surface area contributed by atoms with E-state index in [1.807, 2.05) is 60.7 Å². The van der Waals surface area contributed by atoms with Crippen molar-refractivity contribution in [2.75, 3.05) is 6.61 Å². The second-order valence-electron chi connectivity index (χ2n) is 11.6. The van der Waals surface area contributed by atoms with Crippen LogP contribution in [-0.2, 0) is 18.9 Å². The van der Waals surface area contributed by atoms with Gasteiger partial charge in [-0.3, -0.25) is 4.57 Å². The molecule has 0 amide bonds. The van der Waals surface area contributed by atoms with Crippen LogP contribution in [0.5, 0.6) is 0 Å². The van der Waals surface area contributed by atoms with Crippen LogP contribution in [0.1, 0.15) is 37.3 Å². The molecule has 1 saturated heterocycles. The minimum atomic E-state index is -1.28. The summed E-state index contributed by atoms with van der Waals surface area (Å²) in [5.74, 6) is -1.48. The highest BCUT2D eigenvalue weighted by Gasteiger charge is 2.52. The number of rotatable bonds is 10. The maximum Gasteiger partial charge on any atom is 0.338 e. The predicted octanol–water partition coefficient (Wildman–Crippen LogP) is 7.28. The monoisotopic (exact) mass is 697 g/mol. The smallest absolute Gasteiger partial charge is 0.338 e. The van der Waals surface area contributed by atoms with Crippen molar-refractivity contribution in [3.05, 3.63) is 173 Å². The Morgan fingerprint density at radius 2 is 1.06 bits per heavy atom. The maximum absolute atomic E-state index is 13.7. The Kier molecular flexibility index (Phi) is 9.91. The highest BCUT2D eigenvalue weighted by Crippen LogP contribution is 2.37. The van der Waals surface area contributed by atoms with Gasteiger partial charge in [0.2, 0.25) is 4.77 Å².